The van der Waals surface area contributed by atoms with E-state index in [4.69, 9.17) is 5.73 Å². The van der Waals surface area contributed by atoms with E-state index in [-0.39, 0.29) is 41.5 Å². The smallest absolute Gasteiger partial charge is 0.225 e. The molecule has 6 heteroatoms. The van der Waals surface area contributed by atoms with Crippen molar-refractivity contribution in [2.45, 2.75) is 40.5 Å². The van der Waals surface area contributed by atoms with Gasteiger partial charge in [-0.3, -0.25) is 9.59 Å². The van der Waals surface area contributed by atoms with E-state index in [0.29, 0.717) is 19.6 Å². The van der Waals surface area contributed by atoms with E-state index in [2.05, 4.69) is 26.1 Å². The van der Waals surface area contributed by atoms with Gasteiger partial charge in [0.2, 0.25) is 11.8 Å². The van der Waals surface area contributed by atoms with E-state index in [1.165, 1.54) is 0 Å². The lowest BCUT2D eigenvalue weighted by Crippen LogP contribution is -2.49. The number of halogens is 1. The number of carbonyl (C=O) groups is 2. The normalized spacial score (nSPS) is 20.4. The minimum Gasteiger partial charge on any atom is -0.355 e. The first kappa shape index (κ1) is 20.2. The molecular formula is C15H30ClN3O2. The van der Waals surface area contributed by atoms with Crippen molar-refractivity contribution in [3.8, 4) is 0 Å². The third-order valence-electron chi connectivity index (χ3n) is 4.22. The average Bonchev–Trinajstić information content (AvgIpc) is 2.42. The summed E-state index contributed by atoms with van der Waals surface area (Å²) in [7, 11) is 0. The second kappa shape index (κ2) is 8.59. The van der Waals surface area contributed by atoms with Crippen molar-refractivity contribution in [2.24, 2.45) is 23.0 Å². The molecule has 0 aliphatic carbocycles. The topological polar surface area (TPSA) is 75.4 Å². The molecule has 1 aliphatic rings. The lowest BCUT2D eigenvalue weighted by Gasteiger charge is -2.37. The Morgan fingerprint density at radius 1 is 1.38 bits per heavy atom. The highest BCUT2D eigenvalue weighted by Crippen LogP contribution is 2.28. The molecule has 0 saturated carbocycles. The molecule has 1 fully saturated rings. The molecule has 1 aliphatic heterocycles. The van der Waals surface area contributed by atoms with Gasteiger partial charge >= 0.3 is 0 Å². The summed E-state index contributed by atoms with van der Waals surface area (Å²) in [6.07, 6.45) is 1.74. The van der Waals surface area contributed by atoms with Gasteiger partial charge in [-0.05, 0) is 18.3 Å². The van der Waals surface area contributed by atoms with Crippen molar-refractivity contribution >= 4 is 24.2 Å². The quantitative estimate of drug-likeness (QED) is 0.822. The lowest BCUT2D eigenvalue weighted by molar-refractivity contribution is -0.141. The minimum absolute atomic E-state index is 0. The molecule has 5 nitrogen and oxygen atoms in total. The van der Waals surface area contributed by atoms with Gasteiger partial charge in [0.05, 0.1) is 5.92 Å². The second-order valence-corrected chi connectivity index (χ2v) is 6.79. The summed E-state index contributed by atoms with van der Waals surface area (Å²) in [5, 5.41) is 2.82. The maximum Gasteiger partial charge on any atom is 0.225 e. The Labute approximate surface area is 134 Å². The fourth-order valence-electron chi connectivity index (χ4n) is 2.38. The summed E-state index contributed by atoms with van der Waals surface area (Å²) in [4.78, 5) is 26.3. The molecule has 3 N–H and O–H groups in total. The SMILES string of the molecule is CC(C(=O)N1CCCC(C(=O)NCCN)C1)C(C)(C)C.Cl. The Bertz CT molecular complexity index is 355. The largest absolute Gasteiger partial charge is 0.355 e. The third-order valence-corrected chi connectivity index (χ3v) is 4.22. The van der Waals surface area contributed by atoms with E-state index in [9.17, 15) is 9.59 Å². The van der Waals surface area contributed by atoms with Gasteiger partial charge in [-0.2, -0.15) is 0 Å². The predicted molar refractivity (Wildman–Crippen MR) is 87.2 cm³/mol. The van der Waals surface area contributed by atoms with E-state index >= 15 is 0 Å². The van der Waals surface area contributed by atoms with Gasteiger partial charge in [0.15, 0.2) is 0 Å². The third kappa shape index (κ3) is 5.83. The Balaban J connectivity index is 0.00000400. The number of piperidine rings is 1. The van der Waals surface area contributed by atoms with Gasteiger partial charge in [-0.1, -0.05) is 27.7 Å². The fraction of sp³-hybridized carbons (Fsp3) is 0.867. The molecule has 0 aromatic heterocycles. The predicted octanol–water partition coefficient (Wildman–Crippen LogP) is 1.40. The average molecular weight is 320 g/mol. The summed E-state index contributed by atoms with van der Waals surface area (Å²) in [5.74, 6) is 0.0601. The Morgan fingerprint density at radius 3 is 2.52 bits per heavy atom. The molecule has 2 amide bonds. The van der Waals surface area contributed by atoms with Crippen LogP contribution in [0.1, 0.15) is 40.5 Å². The van der Waals surface area contributed by atoms with E-state index < -0.39 is 0 Å². The van der Waals surface area contributed by atoms with Gasteiger partial charge in [-0.15, -0.1) is 12.4 Å². The zero-order valence-electron chi connectivity index (χ0n) is 13.6. The van der Waals surface area contributed by atoms with Gasteiger partial charge in [0.25, 0.3) is 0 Å². The van der Waals surface area contributed by atoms with Crippen LogP contribution < -0.4 is 11.1 Å². The van der Waals surface area contributed by atoms with Crippen LogP contribution >= 0.6 is 12.4 Å². The van der Waals surface area contributed by atoms with E-state index in [1.54, 1.807) is 0 Å². The van der Waals surface area contributed by atoms with Crippen LogP contribution in [0, 0.1) is 17.3 Å². The summed E-state index contributed by atoms with van der Waals surface area (Å²) in [5.41, 5.74) is 5.34. The number of hydrogen-bond acceptors (Lipinski definition) is 3. The number of carbonyl (C=O) groups excluding carboxylic acids is 2. The van der Waals surface area contributed by atoms with E-state index in [1.807, 2.05) is 11.8 Å². The zero-order valence-corrected chi connectivity index (χ0v) is 14.5. The molecule has 21 heavy (non-hydrogen) atoms. The Kier molecular flexibility index (Phi) is 8.26. The summed E-state index contributed by atoms with van der Waals surface area (Å²) >= 11 is 0. The standard InChI is InChI=1S/C15H29N3O2.ClH/c1-11(15(2,3)4)14(20)18-9-5-6-12(10-18)13(19)17-8-7-16;/h11-12H,5-10,16H2,1-4H3,(H,17,19);1H. The zero-order chi connectivity index (χ0) is 15.3. The summed E-state index contributed by atoms with van der Waals surface area (Å²) in [6.45, 7) is 10.4. The van der Waals surface area contributed by atoms with Crippen LogP contribution in [0.15, 0.2) is 0 Å². The van der Waals surface area contributed by atoms with Gasteiger partial charge in [0, 0.05) is 32.1 Å². The molecule has 1 saturated heterocycles. The van der Waals surface area contributed by atoms with Gasteiger partial charge in [-0.25, -0.2) is 0 Å². The molecule has 0 aromatic rings. The van der Waals surface area contributed by atoms with Gasteiger partial charge in [0.1, 0.15) is 0 Å². The Hall–Kier alpha value is -0.810. The molecule has 0 spiro atoms. The molecule has 124 valence electrons. The fourth-order valence-corrected chi connectivity index (χ4v) is 2.38. The molecule has 2 atom stereocenters. The highest BCUT2D eigenvalue weighted by Gasteiger charge is 2.34. The molecular weight excluding hydrogens is 290 g/mol. The van der Waals surface area contributed by atoms with E-state index in [0.717, 1.165) is 19.4 Å². The first-order valence-electron chi connectivity index (χ1n) is 7.54. The van der Waals surface area contributed by atoms with Crippen LogP contribution in [0.5, 0.6) is 0 Å². The van der Waals surface area contributed by atoms with Crippen molar-refractivity contribution in [1.29, 1.82) is 0 Å². The number of amides is 2. The minimum atomic E-state index is -0.0913. The van der Waals surface area contributed by atoms with Gasteiger partial charge < -0.3 is 16.0 Å². The second-order valence-electron chi connectivity index (χ2n) is 6.79. The highest BCUT2D eigenvalue weighted by molar-refractivity contribution is 5.85. The molecule has 0 bridgehead atoms. The first-order valence-corrected chi connectivity index (χ1v) is 7.54. The number of nitrogens with two attached hydrogens (primary N) is 1. The van der Waals surface area contributed by atoms with Crippen LogP contribution in [0.2, 0.25) is 0 Å². The first-order chi connectivity index (χ1) is 9.27. The van der Waals surface area contributed by atoms with Crippen molar-refractivity contribution < 1.29 is 9.59 Å². The maximum atomic E-state index is 12.5. The van der Waals surface area contributed by atoms with Crippen LogP contribution in [0.4, 0.5) is 0 Å². The molecule has 2 unspecified atom stereocenters. The summed E-state index contributed by atoms with van der Waals surface area (Å²) < 4.78 is 0. The Morgan fingerprint density at radius 2 is 2.00 bits per heavy atom. The van der Waals surface area contributed by atoms with Crippen LogP contribution in [-0.2, 0) is 9.59 Å². The monoisotopic (exact) mass is 319 g/mol. The van der Waals surface area contributed by atoms with Crippen molar-refractivity contribution in [3.63, 3.8) is 0 Å². The van der Waals surface area contributed by atoms with Crippen LogP contribution in [0.3, 0.4) is 0 Å². The van der Waals surface area contributed by atoms with Crippen LogP contribution in [0.25, 0.3) is 0 Å². The molecule has 0 radical (unpaired) electrons. The number of hydrogen-bond donors (Lipinski definition) is 2. The van der Waals surface area contributed by atoms with Crippen molar-refractivity contribution in [1.82, 2.24) is 10.2 Å². The summed E-state index contributed by atoms with van der Waals surface area (Å²) in [6, 6.07) is 0. The number of nitrogens with zero attached hydrogens (tertiary/aromatic N) is 1. The molecule has 0 aromatic carbocycles. The number of nitrogens with one attached hydrogen (secondary N) is 1. The molecule has 1 rings (SSSR count). The number of likely N-dealkylation sites (tertiary alicyclic amines) is 1. The maximum absolute atomic E-state index is 12.5. The van der Waals surface area contributed by atoms with Crippen LogP contribution in [-0.4, -0.2) is 42.9 Å². The molecule has 1 heterocycles. The number of rotatable bonds is 4. The lowest BCUT2D eigenvalue weighted by atomic mass is 9.80. The van der Waals surface area contributed by atoms with Crippen molar-refractivity contribution in [2.75, 3.05) is 26.2 Å². The van der Waals surface area contributed by atoms with Crippen molar-refractivity contribution in [3.05, 3.63) is 0 Å². The highest BCUT2D eigenvalue weighted by atomic mass is 35.5.